The van der Waals surface area contributed by atoms with Gasteiger partial charge in [-0.1, -0.05) is 13.3 Å². The van der Waals surface area contributed by atoms with Gasteiger partial charge in [-0.2, -0.15) is 0 Å². The van der Waals surface area contributed by atoms with Gasteiger partial charge in [0.25, 0.3) is 0 Å². The molecule has 1 atom stereocenters. The molecule has 0 aromatic carbocycles. The van der Waals surface area contributed by atoms with Gasteiger partial charge in [0.1, 0.15) is 0 Å². The summed E-state index contributed by atoms with van der Waals surface area (Å²) in [5, 5.41) is 3.93. The average molecular weight is 344 g/mol. The maximum atomic E-state index is 12.1. The molecule has 25 heavy (non-hydrogen) atoms. The Hall–Kier alpha value is -0.990. The van der Waals surface area contributed by atoms with Crippen LogP contribution in [0, 0.1) is 23.2 Å². The van der Waals surface area contributed by atoms with Gasteiger partial charge >= 0.3 is 5.97 Å². The van der Waals surface area contributed by atoms with E-state index in [1.807, 2.05) is 0 Å². The first-order valence-electron chi connectivity index (χ1n) is 10.8. The van der Waals surface area contributed by atoms with Crippen molar-refractivity contribution in [2.45, 2.75) is 95.6 Å². The molecule has 3 heteroatoms. The van der Waals surface area contributed by atoms with Crippen LogP contribution in [0.1, 0.15) is 84.0 Å². The van der Waals surface area contributed by atoms with E-state index in [1.54, 1.807) is 6.08 Å². The molecule has 6 aliphatic rings. The van der Waals surface area contributed by atoms with E-state index in [0.717, 1.165) is 42.7 Å². The minimum absolute atomic E-state index is 0.121. The lowest BCUT2D eigenvalue weighted by atomic mass is 9.47. The number of hydrogen-bond donors (Lipinski definition) is 1. The van der Waals surface area contributed by atoms with Gasteiger partial charge in [0.2, 0.25) is 0 Å². The van der Waals surface area contributed by atoms with Crippen molar-refractivity contribution in [3.05, 3.63) is 11.8 Å². The number of ether oxygens (including phenoxy) is 1. The Labute approximate surface area is 152 Å². The lowest BCUT2D eigenvalue weighted by molar-refractivity contribution is -0.148. The molecular weight excluding hydrogens is 310 g/mol. The Morgan fingerprint density at radius 2 is 1.68 bits per heavy atom. The molecule has 0 amide bonds. The lowest BCUT2D eigenvalue weighted by Gasteiger charge is -2.60. The van der Waals surface area contributed by atoms with Gasteiger partial charge in [-0.3, -0.25) is 0 Å². The van der Waals surface area contributed by atoms with Gasteiger partial charge < -0.3 is 10.1 Å². The van der Waals surface area contributed by atoms with E-state index >= 15 is 0 Å². The molecule has 3 nitrogen and oxygen atoms in total. The molecule has 5 fully saturated rings. The first kappa shape index (κ1) is 16.2. The summed E-state index contributed by atoms with van der Waals surface area (Å²) in [7, 11) is 0. The molecule has 0 aromatic heterocycles. The largest absolute Gasteiger partial charge is 0.449 e. The summed E-state index contributed by atoms with van der Waals surface area (Å²) in [5.41, 5.74) is 1.29. The quantitative estimate of drug-likeness (QED) is 0.751. The van der Waals surface area contributed by atoms with E-state index in [2.05, 4.69) is 12.2 Å². The molecule has 0 saturated heterocycles. The average Bonchev–Trinajstić information content (AvgIpc) is 2.86. The van der Waals surface area contributed by atoms with Crippen LogP contribution in [-0.4, -0.2) is 17.6 Å². The molecular formula is C22H33NO2. The van der Waals surface area contributed by atoms with Crippen LogP contribution in [0.5, 0.6) is 0 Å². The van der Waals surface area contributed by atoms with E-state index in [9.17, 15) is 4.79 Å². The third-order valence-corrected chi connectivity index (χ3v) is 8.27. The Morgan fingerprint density at radius 3 is 2.24 bits per heavy atom. The van der Waals surface area contributed by atoms with Gasteiger partial charge in [0, 0.05) is 12.1 Å². The highest BCUT2D eigenvalue weighted by molar-refractivity contribution is 5.86. The Kier molecular flexibility index (Phi) is 3.73. The van der Waals surface area contributed by atoms with Crippen molar-refractivity contribution >= 4 is 5.97 Å². The van der Waals surface area contributed by atoms with Crippen molar-refractivity contribution in [1.82, 2.24) is 5.32 Å². The monoisotopic (exact) mass is 343 g/mol. The number of nitrogens with one attached hydrogen (secondary N) is 1. The van der Waals surface area contributed by atoms with Crippen molar-refractivity contribution in [3.63, 3.8) is 0 Å². The number of carbonyl (C=O) groups excluding carboxylic acids is 1. The summed E-state index contributed by atoms with van der Waals surface area (Å²) in [5.74, 6) is 2.80. The van der Waals surface area contributed by atoms with Gasteiger partial charge in [0.05, 0.1) is 5.70 Å². The lowest BCUT2D eigenvalue weighted by Crippen LogP contribution is -2.57. The van der Waals surface area contributed by atoms with Gasteiger partial charge in [-0.25, -0.2) is 4.79 Å². The molecule has 1 N–H and O–H groups in total. The fraction of sp³-hybridized carbons (Fsp3) is 0.864. The summed E-state index contributed by atoms with van der Waals surface area (Å²) in [4.78, 5) is 12.1. The molecule has 1 aliphatic heterocycles. The number of esters is 1. The summed E-state index contributed by atoms with van der Waals surface area (Å²) in [6, 6.07) is 0.514. The van der Waals surface area contributed by atoms with Crippen molar-refractivity contribution in [2.75, 3.05) is 0 Å². The SMILES string of the molecule is CCC(NC1=CC(=O)OC12CCCCC2)C12CC3CC(CC(C3)C1)C2. The van der Waals surface area contributed by atoms with E-state index in [-0.39, 0.29) is 11.6 Å². The third-order valence-electron chi connectivity index (χ3n) is 8.27. The first-order chi connectivity index (χ1) is 12.1. The van der Waals surface area contributed by atoms with Gasteiger partial charge in [-0.15, -0.1) is 0 Å². The first-order valence-corrected chi connectivity index (χ1v) is 10.8. The summed E-state index contributed by atoms with van der Waals surface area (Å²) >= 11 is 0. The summed E-state index contributed by atoms with van der Waals surface area (Å²) in [6.45, 7) is 2.34. The maximum absolute atomic E-state index is 12.1. The third kappa shape index (κ3) is 2.56. The maximum Gasteiger partial charge on any atom is 0.333 e. The van der Waals surface area contributed by atoms with E-state index < -0.39 is 0 Å². The van der Waals surface area contributed by atoms with E-state index in [4.69, 9.17) is 4.74 Å². The fourth-order valence-corrected chi connectivity index (χ4v) is 7.67. The molecule has 4 bridgehead atoms. The van der Waals surface area contributed by atoms with Crippen LogP contribution in [0.4, 0.5) is 0 Å². The van der Waals surface area contributed by atoms with Crippen LogP contribution in [0.3, 0.4) is 0 Å². The Balaban J connectivity index is 1.40. The second kappa shape index (κ2) is 5.76. The van der Waals surface area contributed by atoms with Crippen LogP contribution in [0.15, 0.2) is 11.8 Å². The van der Waals surface area contributed by atoms with E-state index in [0.29, 0.717) is 11.5 Å². The normalized spacial score (nSPS) is 42.4. The van der Waals surface area contributed by atoms with Crippen LogP contribution in [-0.2, 0) is 9.53 Å². The highest BCUT2D eigenvalue weighted by Crippen LogP contribution is 2.62. The Morgan fingerprint density at radius 1 is 1.08 bits per heavy atom. The predicted octanol–water partition coefficient (Wildman–Crippen LogP) is 4.71. The van der Waals surface area contributed by atoms with Crippen LogP contribution in [0.25, 0.3) is 0 Å². The molecule has 1 spiro atoms. The molecule has 6 rings (SSSR count). The van der Waals surface area contributed by atoms with Crippen molar-refractivity contribution in [3.8, 4) is 0 Å². The van der Waals surface area contributed by atoms with Crippen LogP contribution in [0.2, 0.25) is 0 Å². The molecule has 1 heterocycles. The van der Waals surface area contributed by atoms with Crippen molar-refractivity contribution < 1.29 is 9.53 Å². The zero-order chi connectivity index (χ0) is 17.1. The fourth-order valence-electron chi connectivity index (χ4n) is 7.67. The highest BCUT2D eigenvalue weighted by Gasteiger charge is 2.55. The van der Waals surface area contributed by atoms with Crippen LogP contribution < -0.4 is 5.32 Å². The summed E-state index contributed by atoms with van der Waals surface area (Å²) in [6.07, 6.45) is 17.3. The molecule has 0 aromatic rings. The van der Waals surface area contributed by atoms with Crippen molar-refractivity contribution in [1.29, 1.82) is 0 Å². The smallest absolute Gasteiger partial charge is 0.333 e. The minimum Gasteiger partial charge on any atom is -0.449 e. The standard InChI is InChI=1S/C22H33NO2/c1-2-18(21-12-15-8-16(13-21)10-17(9-15)14-21)23-19-11-20(24)25-22(19)6-4-3-5-7-22/h11,15-18,23H,2-10,12-14H2,1H3. The highest BCUT2D eigenvalue weighted by atomic mass is 16.6. The molecule has 1 unspecified atom stereocenters. The van der Waals surface area contributed by atoms with E-state index in [1.165, 1.54) is 57.8 Å². The molecule has 5 aliphatic carbocycles. The molecule has 0 radical (unpaired) electrons. The van der Waals surface area contributed by atoms with Gasteiger partial charge in [0.15, 0.2) is 5.60 Å². The summed E-state index contributed by atoms with van der Waals surface area (Å²) < 4.78 is 5.87. The van der Waals surface area contributed by atoms with Crippen molar-refractivity contribution in [2.24, 2.45) is 23.2 Å². The predicted molar refractivity (Wildman–Crippen MR) is 97.8 cm³/mol. The second-order valence-electron chi connectivity index (χ2n) is 9.92. The Bertz CT molecular complexity index is 552. The zero-order valence-electron chi connectivity index (χ0n) is 15.7. The van der Waals surface area contributed by atoms with Crippen LogP contribution >= 0.6 is 0 Å². The number of rotatable bonds is 4. The minimum atomic E-state index is -0.314. The zero-order valence-corrected chi connectivity index (χ0v) is 15.7. The topological polar surface area (TPSA) is 38.3 Å². The molecule has 138 valence electrons. The van der Waals surface area contributed by atoms with Gasteiger partial charge in [-0.05, 0) is 93.8 Å². The second-order valence-corrected chi connectivity index (χ2v) is 9.92. The number of hydrogen-bond acceptors (Lipinski definition) is 3. The molecule has 5 saturated carbocycles. The number of carbonyl (C=O) groups is 1.